The summed E-state index contributed by atoms with van der Waals surface area (Å²) in [6.07, 6.45) is 0. The van der Waals surface area contributed by atoms with Crippen LogP contribution in [0.2, 0.25) is 0 Å². The number of benzene rings is 1. The molecule has 19 heavy (non-hydrogen) atoms. The van der Waals surface area contributed by atoms with E-state index in [0.717, 1.165) is 10.2 Å². The molecular weight excluding hydrogens is 312 g/mol. The molecule has 0 saturated carbocycles. The lowest BCUT2D eigenvalue weighted by molar-refractivity contribution is -0.142. The van der Waals surface area contributed by atoms with Gasteiger partial charge in [-0.15, -0.1) is 0 Å². The second-order valence-corrected chi connectivity index (χ2v) is 5.58. The fraction of sp³-hybridized carbons (Fsp3) is 0.385. The minimum absolute atomic E-state index is 0.0633. The molecule has 0 aromatic heterocycles. The summed E-state index contributed by atoms with van der Waals surface area (Å²) in [6, 6.07) is 7.51. The predicted molar refractivity (Wildman–Crippen MR) is 75.1 cm³/mol. The number of rotatable bonds is 2. The first kappa shape index (κ1) is 13.9. The van der Waals surface area contributed by atoms with E-state index >= 15 is 0 Å². The van der Waals surface area contributed by atoms with Crippen LogP contribution >= 0.6 is 15.9 Å². The molecule has 1 amide bonds. The van der Waals surface area contributed by atoms with Crippen molar-refractivity contribution in [3.05, 3.63) is 28.7 Å². The summed E-state index contributed by atoms with van der Waals surface area (Å²) in [6.45, 7) is 0.802. The third-order valence-corrected chi connectivity index (χ3v) is 3.76. The van der Waals surface area contributed by atoms with Gasteiger partial charge in [0.25, 0.3) is 0 Å². The van der Waals surface area contributed by atoms with Crippen molar-refractivity contribution in [1.82, 2.24) is 4.90 Å². The number of aliphatic carboxylic acids is 1. The number of amides is 1. The van der Waals surface area contributed by atoms with Gasteiger partial charge < -0.3 is 14.9 Å². The van der Waals surface area contributed by atoms with Crippen LogP contribution in [0.25, 0.3) is 0 Å². The van der Waals surface area contributed by atoms with Crippen molar-refractivity contribution in [1.29, 1.82) is 0 Å². The van der Waals surface area contributed by atoms with Gasteiger partial charge in [0, 0.05) is 30.3 Å². The van der Waals surface area contributed by atoms with Crippen LogP contribution in [-0.2, 0) is 9.59 Å². The molecule has 1 unspecified atom stereocenters. The quantitative estimate of drug-likeness (QED) is 0.893. The number of carboxylic acids is 1. The Morgan fingerprint density at radius 2 is 1.95 bits per heavy atom. The number of carboxylic acid groups (broad SMARTS) is 1. The lowest BCUT2D eigenvalue weighted by Crippen LogP contribution is -2.34. The third-order valence-electron chi connectivity index (χ3n) is 3.23. The molecule has 0 bridgehead atoms. The Morgan fingerprint density at radius 1 is 1.32 bits per heavy atom. The molecule has 1 fully saturated rings. The summed E-state index contributed by atoms with van der Waals surface area (Å²) in [5.74, 6) is -1.50. The smallest absolute Gasteiger partial charge is 0.310 e. The zero-order chi connectivity index (χ0) is 14.0. The maximum Gasteiger partial charge on any atom is 0.310 e. The minimum Gasteiger partial charge on any atom is -0.481 e. The normalized spacial score (nSPS) is 20.3. The van der Waals surface area contributed by atoms with Gasteiger partial charge >= 0.3 is 5.97 Å². The number of hydrogen-bond donors (Lipinski definition) is 1. The standard InChI is InChI=1S/C13H15BrN2O3/c1-15-6-9(13(18)19)7-16(8-12(15)17)11-4-2-10(14)3-5-11/h2-5,9H,6-8H2,1H3,(H,18,19). The second kappa shape index (κ2) is 5.61. The highest BCUT2D eigenvalue weighted by Crippen LogP contribution is 2.21. The summed E-state index contributed by atoms with van der Waals surface area (Å²) < 4.78 is 0.948. The van der Waals surface area contributed by atoms with E-state index in [0.29, 0.717) is 6.54 Å². The fourth-order valence-corrected chi connectivity index (χ4v) is 2.37. The van der Waals surface area contributed by atoms with Gasteiger partial charge in [0.1, 0.15) is 0 Å². The molecule has 1 atom stereocenters. The van der Waals surface area contributed by atoms with Crippen LogP contribution in [0.4, 0.5) is 5.69 Å². The first-order chi connectivity index (χ1) is 8.97. The third kappa shape index (κ3) is 3.26. The van der Waals surface area contributed by atoms with Crippen molar-refractivity contribution in [2.75, 3.05) is 31.6 Å². The number of halogens is 1. The first-order valence-corrected chi connectivity index (χ1v) is 6.74. The highest BCUT2D eigenvalue weighted by Gasteiger charge is 2.29. The Balaban J connectivity index is 2.25. The van der Waals surface area contributed by atoms with Crippen molar-refractivity contribution >= 4 is 33.5 Å². The topological polar surface area (TPSA) is 60.9 Å². The van der Waals surface area contributed by atoms with Gasteiger partial charge in [-0.3, -0.25) is 9.59 Å². The zero-order valence-corrected chi connectivity index (χ0v) is 12.1. The number of carbonyl (C=O) groups is 2. The summed E-state index contributed by atoms with van der Waals surface area (Å²) in [5, 5.41) is 9.20. The molecule has 1 aromatic carbocycles. The van der Waals surface area contributed by atoms with Gasteiger partial charge in [0.15, 0.2) is 0 Å². The lowest BCUT2D eigenvalue weighted by atomic mass is 10.1. The number of carbonyl (C=O) groups excluding carboxylic acids is 1. The van der Waals surface area contributed by atoms with Gasteiger partial charge in [0.2, 0.25) is 5.91 Å². The molecule has 1 aliphatic rings. The Labute approximate surface area is 119 Å². The lowest BCUT2D eigenvalue weighted by Gasteiger charge is -2.23. The van der Waals surface area contributed by atoms with Crippen molar-refractivity contribution in [3.8, 4) is 0 Å². The van der Waals surface area contributed by atoms with Gasteiger partial charge in [-0.05, 0) is 24.3 Å². The Bertz CT molecular complexity index is 489. The number of anilines is 1. The molecular formula is C13H15BrN2O3. The molecule has 5 nitrogen and oxygen atoms in total. The molecule has 1 aromatic rings. The zero-order valence-electron chi connectivity index (χ0n) is 10.5. The summed E-state index contributed by atoms with van der Waals surface area (Å²) >= 11 is 3.35. The van der Waals surface area contributed by atoms with E-state index in [4.69, 9.17) is 0 Å². The Kier molecular flexibility index (Phi) is 4.09. The Morgan fingerprint density at radius 3 is 2.53 bits per heavy atom. The van der Waals surface area contributed by atoms with E-state index in [1.165, 1.54) is 4.90 Å². The van der Waals surface area contributed by atoms with E-state index in [1.54, 1.807) is 7.05 Å². The molecule has 1 saturated heterocycles. The molecule has 1 N–H and O–H groups in total. The predicted octanol–water partition coefficient (Wildman–Crippen LogP) is 1.43. The average Bonchev–Trinajstić information content (AvgIpc) is 2.51. The molecule has 1 aliphatic heterocycles. The molecule has 0 radical (unpaired) electrons. The van der Waals surface area contributed by atoms with Crippen molar-refractivity contribution < 1.29 is 14.7 Å². The van der Waals surface area contributed by atoms with Crippen LogP contribution in [0, 0.1) is 5.92 Å². The van der Waals surface area contributed by atoms with Crippen molar-refractivity contribution in [2.45, 2.75) is 0 Å². The van der Waals surface area contributed by atoms with E-state index in [-0.39, 0.29) is 19.0 Å². The van der Waals surface area contributed by atoms with Crippen LogP contribution in [0.3, 0.4) is 0 Å². The molecule has 1 heterocycles. The van der Waals surface area contributed by atoms with Gasteiger partial charge in [-0.2, -0.15) is 0 Å². The molecule has 0 spiro atoms. The monoisotopic (exact) mass is 326 g/mol. The highest BCUT2D eigenvalue weighted by molar-refractivity contribution is 9.10. The van der Waals surface area contributed by atoms with Crippen LogP contribution in [0.5, 0.6) is 0 Å². The van der Waals surface area contributed by atoms with Crippen LogP contribution < -0.4 is 4.90 Å². The summed E-state index contributed by atoms with van der Waals surface area (Å²) in [4.78, 5) is 26.4. The van der Waals surface area contributed by atoms with Crippen LogP contribution in [0.15, 0.2) is 28.7 Å². The fourth-order valence-electron chi connectivity index (χ4n) is 2.11. The van der Waals surface area contributed by atoms with E-state index in [2.05, 4.69) is 15.9 Å². The van der Waals surface area contributed by atoms with Gasteiger partial charge in [0.05, 0.1) is 12.5 Å². The number of likely N-dealkylation sites (N-methyl/N-ethyl adjacent to an activating group) is 1. The summed E-state index contributed by atoms with van der Waals surface area (Å²) in [7, 11) is 1.64. The van der Waals surface area contributed by atoms with E-state index < -0.39 is 11.9 Å². The number of nitrogens with zero attached hydrogens (tertiary/aromatic N) is 2. The van der Waals surface area contributed by atoms with E-state index in [1.807, 2.05) is 29.2 Å². The molecule has 102 valence electrons. The maximum atomic E-state index is 11.9. The van der Waals surface area contributed by atoms with Gasteiger partial charge in [-0.25, -0.2) is 0 Å². The first-order valence-electron chi connectivity index (χ1n) is 5.94. The highest BCUT2D eigenvalue weighted by atomic mass is 79.9. The van der Waals surface area contributed by atoms with Crippen LogP contribution in [-0.4, -0.2) is 48.6 Å². The molecule has 2 rings (SSSR count). The van der Waals surface area contributed by atoms with Crippen LogP contribution in [0.1, 0.15) is 0 Å². The molecule has 0 aliphatic carbocycles. The average molecular weight is 327 g/mol. The van der Waals surface area contributed by atoms with Gasteiger partial charge in [-0.1, -0.05) is 15.9 Å². The van der Waals surface area contributed by atoms with E-state index in [9.17, 15) is 14.7 Å². The van der Waals surface area contributed by atoms with Crippen molar-refractivity contribution in [2.24, 2.45) is 5.92 Å². The minimum atomic E-state index is -0.872. The maximum absolute atomic E-state index is 11.9. The largest absolute Gasteiger partial charge is 0.481 e. The second-order valence-electron chi connectivity index (χ2n) is 4.67. The summed E-state index contributed by atoms with van der Waals surface area (Å²) in [5.41, 5.74) is 0.859. The SMILES string of the molecule is CN1CC(C(=O)O)CN(c2ccc(Br)cc2)CC1=O. The number of hydrogen-bond acceptors (Lipinski definition) is 3. The molecule has 6 heteroatoms. The van der Waals surface area contributed by atoms with Crippen molar-refractivity contribution in [3.63, 3.8) is 0 Å². The Hall–Kier alpha value is -1.56.